The van der Waals surface area contributed by atoms with Gasteiger partial charge in [0.25, 0.3) is 0 Å². The molecule has 0 aromatic carbocycles. The Balaban J connectivity index is -0.000000125. The SMILES string of the molecule is CCCCCC.S.[LiH]. The van der Waals surface area contributed by atoms with Crippen molar-refractivity contribution in [2.24, 2.45) is 0 Å². The molecule has 0 aliphatic rings. The predicted octanol–water partition coefficient (Wildman–Crippen LogP) is 2.05. The summed E-state index contributed by atoms with van der Waals surface area (Å²) in [5.41, 5.74) is 0. The molecule has 0 fully saturated rings. The molecule has 0 bridgehead atoms. The van der Waals surface area contributed by atoms with E-state index in [9.17, 15) is 0 Å². The zero-order valence-corrected chi connectivity index (χ0v) is 6.33. The van der Waals surface area contributed by atoms with Crippen molar-refractivity contribution in [3.63, 3.8) is 0 Å². The van der Waals surface area contributed by atoms with E-state index in [2.05, 4.69) is 13.8 Å². The van der Waals surface area contributed by atoms with E-state index in [1.54, 1.807) is 0 Å². The summed E-state index contributed by atoms with van der Waals surface area (Å²) in [4.78, 5) is 0. The third kappa shape index (κ3) is 15.8. The molecule has 0 radical (unpaired) electrons. The van der Waals surface area contributed by atoms with Crippen LogP contribution in [0.15, 0.2) is 0 Å². The minimum absolute atomic E-state index is 0. The van der Waals surface area contributed by atoms with Gasteiger partial charge in [0.15, 0.2) is 0 Å². The molecule has 0 aliphatic heterocycles. The summed E-state index contributed by atoms with van der Waals surface area (Å²) in [5.74, 6) is 0. The van der Waals surface area contributed by atoms with Gasteiger partial charge in [-0.1, -0.05) is 39.5 Å². The van der Waals surface area contributed by atoms with Crippen LogP contribution in [0, 0.1) is 0 Å². The Bertz CT molecular complexity index is 20.5. The molecular formula is C6H17LiS. The van der Waals surface area contributed by atoms with Gasteiger partial charge in [-0.2, -0.15) is 13.5 Å². The van der Waals surface area contributed by atoms with Crippen LogP contribution in [0.3, 0.4) is 0 Å². The van der Waals surface area contributed by atoms with E-state index < -0.39 is 0 Å². The van der Waals surface area contributed by atoms with E-state index in [1.165, 1.54) is 25.7 Å². The second kappa shape index (κ2) is 15.7. The monoisotopic (exact) mass is 128 g/mol. The molecular weight excluding hydrogens is 111 g/mol. The van der Waals surface area contributed by atoms with E-state index in [4.69, 9.17) is 0 Å². The third-order valence-corrected chi connectivity index (χ3v) is 0.957. The van der Waals surface area contributed by atoms with Crippen LogP contribution in [0.25, 0.3) is 0 Å². The zero-order valence-electron chi connectivity index (χ0n) is 5.33. The summed E-state index contributed by atoms with van der Waals surface area (Å²) >= 11 is 0. The van der Waals surface area contributed by atoms with Crippen LogP contribution in [-0.2, 0) is 0 Å². The normalized spacial score (nSPS) is 6.75. The molecule has 0 spiro atoms. The molecule has 0 aromatic rings. The van der Waals surface area contributed by atoms with Crippen molar-refractivity contribution in [2.75, 3.05) is 0 Å². The molecule has 0 amide bonds. The standard InChI is InChI=1S/C6H14.Li.H2S.H/c1-3-5-6-4-2;;;/h3-6H2,1-2H3;;1H2;. The molecule has 0 aliphatic carbocycles. The quantitative estimate of drug-likeness (QED) is 0.403. The van der Waals surface area contributed by atoms with Gasteiger partial charge in [0, 0.05) is 0 Å². The first-order valence-electron chi connectivity index (χ1n) is 2.91. The Morgan fingerprint density at radius 3 is 1.25 bits per heavy atom. The van der Waals surface area contributed by atoms with Crippen LogP contribution in [0.1, 0.15) is 39.5 Å². The molecule has 0 atom stereocenters. The Hall–Kier alpha value is 0.947. The van der Waals surface area contributed by atoms with Crippen molar-refractivity contribution in [1.29, 1.82) is 0 Å². The Morgan fingerprint density at radius 1 is 0.875 bits per heavy atom. The zero-order chi connectivity index (χ0) is 4.83. The molecule has 0 rings (SSSR count). The van der Waals surface area contributed by atoms with Crippen LogP contribution in [0.4, 0.5) is 0 Å². The molecule has 0 saturated carbocycles. The Labute approximate surface area is 72.1 Å². The maximum absolute atomic E-state index is 2.23. The van der Waals surface area contributed by atoms with Gasteiger partial charge in [-0.25, -0.2) is 0 Å². The molecule has 0 unspecified atom stereocenters. The van der Waals surface area contributed by atoms with Gasteiger partial charge in [0.1, 0.15) is 0 Å². The van der Waals surface area contributed by atoms with E-state index in [0.29, 0.717) is 0 Å². The second-order valence-corrected chi connectivity index (χ2v) is 1.71. The summed E-state index contributed by atoms with van der Waals surface area (Å²) in [6, 6.07) is 0. The molecule has 0 aromatic heterocycles. The van der Waals surface area contributed by atoms with Crippen LogP contribution >= 0.6 is 13.5 Å². The van der Waals surface area contributed by atoms with Crippen molar-refractivity contribution in [2.45, 2.75) is 39.5 Å². The Kier molecular flexibility index (Phi) is 31.3. The van der Waals surface area contributed by atoms with Crippen molar-refractivity contribution in [3.8, 4) is 0 Å². The summed E-state index contributed by atoms with van der Waals surface area (Å²) in [5, 5.41) is 0. The fourth-order valence-corrected chi connectivity index (χ4v) is 0.500. The number of unbranched alkanes of at least 4 members (excludes halogenated alkanes) is 3. The first kappa shape index (κ1) is 16.0. The predicted molar refractivity (Wildman–Crippen MR) is 47.3 cm³/mol. The van der Waals surface area contributed by atoms with Crippen LogP contribution in [0.5, 0.6) is 0 Å². The van der Waals surface area contributed by atoms with Crippen molar-refractivity contribution in [1.82, 2.24) is 0 Å². The first-order valence-corrected chi connectivity index (χ1v) is 2.91. The van der Waals surface area contributed by atoms with Gasteiger partial charge in [-0.3, -0.25) is 0 Å². The molecule has 0 heterocycles. The van der Waals surface area contributed by atoms with Crippen LogP contribution in [0.2, 0.25) is 0 Å². The number of rotatable bonds is 3. The number of hydrogen-bond acceptors (Lipinski definition) is 0. The molecule has 8 heavy (non-hydrogen) atoms. The summed E-state index contributed by atoms with van der Waals surface area (Å²) in [6.07, 6.45) is 5.54. The summed E-state index contributed by atoms with van der Waals surface area (Å²) in [7, 11) is 0. The fraction of sp³-hybridized carbons (Fsp3) is 1.00. The van der Waals surface area contributed by atoms with Crippen molar-refractivity contribution in [3.05, 3.63) is 0 Å². The molecule has 0 nitrogen and oxygen atoms in total. The van der Waals surface area contributed by atoms with Gasteiger partial charge < -0.3 is 0 Å². The maximum atomic E-state index is 2.23. The van der Waals surface area contributed by atoms with E-state index in [1.807, 2.05) is 0 Å². The minimum atomic E-state index is 0. The first-order chi connectivity index (χ1) is 2.91. The molecule has 2 heteroatoms. The van der Waals surface area contributed by atoms with Gasteiger partial charge >= 0.3 is 18.9 Å². The van der Waals surface area contributed by atoms with Gasteiger partial charge in [0.2, 0.25) is 0 Å². The molecule has 48 valence electrons. The van der Waals surface area contributed by atoms with Gasteiger partial charge in [-0.05, 0) is 0 Å². The van der Waals surface area contributed by atoms with Crippen molar-refractivity contribution >= 4 is 32.4 Å². The van der Waals surface area contributed by atoms with Crippen LogP contribution < -0.4 is 0 Å². The third-order valence-electron chi connectivity index (χ3n) is 0.957. The van der Waals surface area contributed by atoms with Crippen LogP contribution in [-0.4, -0.2) is 18.9 Å². The Morgan fingerprint density at radius 2 is 1.12 bits per heavy atom. The van der Waals surface area contributed by atoms with Gasteiger partial charge in [0.05, 0.1) is 0 Å². The topological polar surface area (TPSA) is 0 Å². The fourth-order valence-electron chi connectivity index (χ4n) is 0.500. The average molecular weight is 128 g/mol. The molecule has 0 N–H and O–H groups in total. The summed E-state index contributed by atoms with van der Waals surface area (Å²) < 4.78 is 0. The van der Waals surface area contributed by atoms with E-state index in [-0.39, 0.29) is 32.4 Å². The number of hydrogen-bond donors (Lipinski definition) is 0. The summed E-state index contributed by atoms with van der Waals surface area (Å²) in [6.45, 7) is 4.46. The second-order valence-electron chi connectivity index (χ2n) is 1.71. The van der Waals surface area contributed by atoms with Gasteiger partial charge in [-0.15, -0.1) is 0 Å². The van der Waals surface area contributed by atoms with E-state index in [0.717, 1.165) is 0 Å². The average Bonchev–Trinajstić information content (AvgIpc) is 1.61. The molecule has 0 saturated heterocycles. The van der Waals surface area contributed by atoms with E-state index >= 15 is 0 Å². The van der Waals surface area contributed by atoms with Crippen molar-refractivity contribution < 1.29 is 0 Å².